The van der Waals surface area contributed by atoms with Crippen LogP contribution in [0.15, 0.2) is 24.3 Å². The van der Waals surface area contributed by atoms with Gasteiger partial charge in [0.15, 0.2) is 0 Å². The summed E-state index contributed by atoms with van der Waals surface area (Å²) in [5.74, 6) is 0.0558. The molecule has 1 aromatic rings. The van der Waals surface area contributed by atoms with Crippen LogP contribution in [0.5, 0.6) is 5.75 Å². The van der Waals surface area contributed by atoms with Gasteiger partial charge in [0.05, 0.1) is 0 Å². The molecule has 1 aliphatic rings. The van der Waals surface area contributed by atoms with Crippen molar-refractivity contribution in [2.24, 2.45) is 0 Å². The van der Waals surface area contributed by atoms with E-state index in [-0.39, 0.29) is 12.3 Å². The summed E-state index contributed by atoms with van der Waals surface area (Å²) in [6.45, 7) is -1.58. The van der Waals surface area contributed by atoms with E-state index in [1.54, 1.807) is 12.1 Å². The molecule has 1 aliphatic heterocycles. The van der Waals surface area contributed by atoms with E-state index in [2.05, 4.69) is 4.74 Å². The lowest BCUT2D eigenvalue weighted by Crippen LogP contribution is -2.43. The van der Waals surface area contributed by atoms with Crippen LogP contribution < -0.4 is 4.74 Å². The van der Waals surface area contributed by atoms with Gasteiger partial charge in [-0.2, -0.15) is 25.8 Å². The summed E-state index contributed by atoms with van der Waals surface area (Å²) in [7, 11) is -1.95. The molecule has 22 heavy (non-hydrogen) atoms. The molecule has 1 aromatic carbocycles. The molecular formula is C14H20F2N2O3S. The zero-order valence-electron chi connectivity index (χ0n) is 12.4. The Morgan fingerprint density at radius 2 is 1.77 bits per heavy atom. The molecule has 0 saturated carbocycles. The van der Waals surface area contributed by atoms with E-state index in [0.29, 0.717) is 18.7 Å². The summed E-state index contributed by atoms with van der Waals surface area (Å²) >= 11 is 0. The predicted octanol–water partition coefficient (Wildman–Crippen LogP) is 2.45. The highest BCUT2D eigenvalue weighted by molar-refractivity contribution is 7.86. The predicted molar refractivity (Wildman–Crippen MR) is 78.9 cm³/mol. The number of ether oxygens (including phenoxy) is 1. The first-order chi connectivity index (χ1) is 10.4. The van der Waals surface area contributed by atoms with Crippen LogP contribution in [0.3, 0.4) is 0 Å². The molecule has 0 atom stereocenters. The average Bonchev–Trinajstić information content (AvgIpc) is 2.49. The van der Waals surface area contributed by atoms with Gasteiger partial charge in [0.25, 0.3) is 10.2 Å². The summed E-state index contributed by atoms with van der Waals surface area (Å²) in [4.78, 5) is 0. The number of rotatable bonds is 6. The summed E-state index contributed by atoms with van der Waals surface area (Å²) in [5.41, 5.74) is 0.713. The molecule has 0 bridgehead atoms. The third kappa shape index (κ3) is 4.37. The lowest BCUT2D eigenvalue weighted by atomic mass is 10.2. The Kier molecular flexibility index (Phi) is 5.71. The smallest absolute Gasteiger partial charge is 0.387 e. The fraction of sp³-hybridized carbons (Fsp3) is 0.571. The molecule has 1 fully saturated rings. The molecule has 124 valence electrons. The minimum absolute atomic E-state index is 0.0558. The fourth-order valence-electron chi connectivity index (χ4n) is 2.41. The van der Waals surface area contributed by atoms with E-state index in [4.69, 9.17) is 0 Å². The highest BCUT2D eigenvalue weighted by Crippen LogP contribution is 2.19. The highest BCUT2D eigenvalue weighted by Gasteiger charge is 2.28. The SMILES string of the molecule is CN(Cc1ccc(OC(F)F)cc1)S(=O)(=O)N1CCCCC1. The monoisotopic (exact) mass is 334 g/mol. The topological polar surface area (TPSA) is 49.9 Å². The standard InChI is InChI=1S/C14H20F2N2O3S/c1-17(22(19,20)18-9-3-2-4-10-18)11-12-5-7-13(8-6-12)21-14(15)16/h5-8,14H,2-4,9-11H2,1H3. The van der Waals surface area contributed by atoms with Gasteiger partial charge in [0, 0.05) is 26.7 Å². The van der Waals surface area contributed by atoms with Crippen molar-refractivity contribution in [3.63, 3.8) is 0 Å². The van der Waals surface area contributed by atoms with Gasteiger partial charge >= 0.3 is 6.61 Å². The lowest BCUT2D eigenvalue weighted by molar-refractivity contribution is -0.0498. The highest BCUT2D eigenvalue weighted by atomic mass is 32.2. The van der Waals surface area contributed by atoms with Crippen LogP contribution in [-0.4, -0.2) is 43.8 Å². The van der Waals surface area contributed by atoms with Crippen molar-refractivity contribution < 1.29 is 21.9 Å². The number of piperidine rings is 1. The van der Waals surface area contributed by atoms with E-state index in [1.165, 1.54) is 27.8 Å². The first-order valence-corrected chi connectivity index (χ1v) is 8.54. The van der Waals surface area contributed by atoms with Crippen molar-refractivity contribution in [3.05, 3.63) is 29.8 Å². The maximum atomic E-state index is 12.4. The Morgan fingerprint density at radius 1 is 1.18 bits per heavy atom. The number of nitrogens with zero attached hydrogens (tertiary/aromatic N) is 2. The zero-order valence-corrected chi connectivity index (χ0v) is 13.2. The molecule has 1 heterocycles. The maximum absolute atomic E-state index is 12.4. The van der Waals surface area contributed by atoms with Crippen LogP contribution in [-0.2, 0) is 16.8 Å². The van der Waals surface area contributed by atoms with Gasteiger partial charge in [0.1, 0.15) is 5.75 Å². The minimum atomic E-state index is -3.47. The van der Waals surface area contributed by atoms with Crippen LogP contribution in [0, 0.1) is 0 Å². The summed E-state index contributed by atoms with van der Waals surface area (Å²) in [5, 5.41) is 0. The maximum Gasteiger partial charge on any atom is 0.387 e. The van der Waals surface area contributed by atoms with E-state index in [1.807, 2.05) is 0 Å². The van der Waals surface area contributed by atoms with Crippen molar-refractivity contribution in [1.82, 2.24) is 8.61 Å². The molecule has 5 nitrogen and oxygen atoms in total. The third-order valence-electron chi connectivity index (χ3n) is 3.59. The van der Waals surface area contributed by atoms with E-state index >= 15 is 0 Å². The Bertz CT molecular complexity index is 572. The first kappa shape index (κ1) is 17.1. The van der Waals surface area contributed by atoms with Gasteiger partial charge in [-0.1, -0.05) is 18.6 Å². The summed E-state index contributed by atoms with van der Waals surface area (Å²) in [6.07, 6.45) is 2.82. The molecule has 2 rings (SSSR count). The number of halogens is 2. The molecular weight excluding hydrogens is 314 g/mol. The first-order valence-electron chi connectivity index (χ1n) is 7.15. The van der Waals surface area contributed by atoms with Crippen LogP contribution in [0.4, 0.5) is 8.78 Å². The minimum Gasteiger partial charge on any atom is -0.435 e. The van der Waals surface area contributed by atoms with Gasteiger partial charge in [-0.15, -0.1) is 0 Å². The molecule has 0 aliphatic carbocycles. The molecule has 0 spiro atoms. The van der Waals surface area contributed by atoms with Crippen LogP contribution in [0.2, 0.25) is 0 Å². The second-order valence-corrected chi connectivity index (χ2v) is 7.28. The van der Waals surface area contributed by atoms with Crippen molar-refractivity contribution >= 4 is 10.2 Å². The van der Waals surface area contributed by atoms with E-state index in [9.17, 15) is 17.2 Å². The largest absolute Gasteiger partial charge is 0.435 e. The third-order valence-corrected chi connectivity index (χ3v) is 5.52. The second kappa shape index (κ2) is 7.34. The van der Waals surface area contributed by atoms with Crippen molar-refractivity contribution in [3.8, 4) is 5.75 Å². The molecule has 1 saturated heterocycles. The molecule has 0 aromatic heterocycles. The van der Waals surface area contributed by atoms with Gasteiger partial charge in [0.2, 0.25) is 0 Å². The molecule has 0 N–H and O–H groups in total. The number of hydrogen-bond donors (Lipinski definition) is 0. The van der Waals surface area contributed by atoms with E-state index < -0.39 is 16.8 Å². The van der Waals surface area contributed by atoms with E-state index in [0.717, 1.165) is 19.3 Å². The number of hydrogen-bond acceptors (Lipinski definition) is 3. The van der Waals surface area contributed by atoms with Gasteiger partial charge in [-0.25, -0.2) is 0 Å². The Hall–Kier alpha value is -1.25. The van der Waals surface area contributed by atoms with Crippen LogP contribution in [0.1, 0.15) is 24.8 Å². The Balaban J connectivity index is 1.99. The second-order valence-electron chi connectivity index (χ2n) is 5.25. The molecule has 8 heteroatoms. The van der Waals surface area contributed by atoms with Crippen molar-refractivity contribution in [2.45, 2.75) is 32.4 Å². The molecule has 0 unspecified atom stereocenters. The quantitative estimate of drug-likeness (QED) is 0.803. The molecule has 0 amide bonds. The van der Waals surface area contributed by atoms with Gasteiger partial charge in [-0.3, -0.25) is 0 Å². The van der Waals surface area contributed by atoms with Crippen molar-refractivity contribution in [1.29, 1.82) is 0 Å². The van der Waals surface area contributed by atoms with Crippen LogP contribution in [0.25, 0.3) is 0 Å². The fourth-order valence-corrected chi connectivity index (χ4v) is 3.83. The normalized spacial score (nSPS) is 17.1. The average molecular weight is 334 g/mol. The summed E-state index contributed by atoms with van der Waals surface area (Å²) in [6, 6.07) is 5.98. The Labute approximate surface area is 129 Å². The van der Waals surface area contributed by atoms with Gasteiger partial charge in [-0.05, 0) is 30.5 Å². The van der Waals surface area contributed by atoms with Gasteiger partial charge < -0.3 is 4.74 Å². The van der Waals surface area contributed by atoms with Crippen LogP contribution >= 0.6 is 0 Å². The lowest BCUT2D eigenvalue weighted by Gasteiger charge is -2.30. The molecule has 0 radical (unpaired) electrons. The zero-order chi connectivity index (χ0) is 16.2. The Morgan fingerprint density at radius 3 is 2.32 bits per heavy atom. The number of alkyl halides is 2. The number of benzene rings is 1. The summed E-state index contributed by atoms with van der Waals surface area (Å²) < 4.78 is 56.0. The van der Waals surface area contributed by atoms with Crippen molar-refractivity contribution in [2.75, 3.05) is 20.1 Å².